The molecule has 2 amide bonds. The first-order valence-corrected chi connectivity index (χ1v) is 9.50. The van der Waals surface area contributed by atoms with Gasteiger partial charge in [0.05, 0.1) is 16.8 Å². The van der Waals surface area contributed by atoms with Crippen molar-refractivity contribution in [2.45, 2.75) is 13.5 Å². The molecule has 0 spiro atoms. The van der Waals surface area contributed by atoms with Crippen molar-refractivity contribution in [3.05, 3.63) is 46.4 Å². The minimum atomic E-state index is -1.33. The van der Waals surface area contributed by atoms with Gasteiger partial charge < -0.3 is 15.2 Å². The third kappa shape index (κ3) is 5.63. The van der Waals surface area contributed by atoms with E-state index < -0.39 is 17.8 Å². The van der Waals surface area contributed by atoms with Gasteiger partial charge in [-0.3, -0.25) is 9.59 Å². The number of carboxylic acid groups (broad SMARTS) is 1. The Morgan fingerprint density at radius 3 is 2.63 bits per heavy atom. The van der Waals surface area contributed by atoms with Gasteiger partial charge in [-0.1, -0.05) is 53.9 Å². The fraction of sp³-hybridized carbons (Fsp3) is 0.235. The summed E-state index contributed by atoms with van der Waals surface area (Å²) in [5, 5.41) is 14.4. The van der Waals surface area contributed by atoms with Crippen LogP contribution in [0.1, 0.15) is 12.5 Å². The Kier molecular flexibility index (Phi) is 8.47. The summed E-state index contributed by atoms with van der Waals surface area (Å²) in [7, 11) is 0. The van der Waals surface area contributed by atoms with Crippen LogP contribution in [-0.2, 0) is 20.9 Å². The summed E-state index contributed by atoms with van der Waals surface area (Å²) in [5.74, 6) is -2.69. The van der Waals surface area contributed by atoms with Gasteiger partial charge >= 0.3 is 51.4 Å². The van der Waals surface area contributed by atoms with Crippen LogP contribution in [-0.4, -0.2) is 33.7 Å². The fourth-order valence-electron chi connectivity index (χ4n) is 2.46. The molecule has 0 aliphatic carbocycles. The zero-order valence-corrected chi connectivity index (χ0v) is 19.5. The number of benzene rings is 1. The molecule has 0 saturated carbocycles. The van der Waals surface area contributed by atoms with Crippen molar-refractivity contribution in [3.63, 3.8) is 0 Å². The number of thioether (sulfide) groups is 2. The Morgan fingerprint density at radius 2 is 1.96 bits per heavy atom. The van der Waals surface area contributed by atoms with Crippen LogP contribution < -0.4 is 61.8 Å². The number of aliphatic carboxylic acids is 1. The molecule has 2 heterocycles. The van der Waals surface area contributed by atoms with Crippen molar-refractivity contribution in [2.75, 3.05) is 5.75 Å². The predicted molar refractivity (Wildman–Crippen MR) is 99.4 cm³/mol. The molecule has 0 radical (unpaired) electrons. The fourth-order valence-corrected chi connectivity index (χ4v) is 4.30. The number of rotatable bonds is 5. The van der Waals surface area contributed by atoms with Crippen LogP contribution in [0.3, 0.4) is 0 Å². The van der Waals surface area contributed by atoms with Crippen molar-refractivity contribution in [3.8, 4) is 0 Å². The second-order valence-corrected chi connectivity index (χ2v) is 7.54. The minimum absolute atomic E-state index is 0. The largest absolute Gasteiger partial charge is 1.00 e. The standard InChI is InChI=1S/C17H15N3O4S2.K/c1-9-12-14(22)19-17(20-15(12)26-13(9)16(23)24)25-8-11(21)18-7-10-5-3-2-4-6-10;/h2-6,12H,7-8H2,1H3,(H,18,21)(H,23,24);/q;+1/p-1. The Balaban J connectivity index is 0.00000261. The first kappa shape index (κ1) is 22.5. The van der Waals surface area contributed by atoms with Crippen LogP contribution >= 0.6 is 23.5 Å². The third-order valence-corrected chi connectivity index (χ3v) is 5.83. The van der Waals surface area contributed by atoms with E-state index in [1.807, 2.05) is 30.3 Å². The van der Waals surface area contributed by atoms with Crippen molar-refractivity contribution >= 4 is 51.5 Å². The summed E-state index contributed by atoms with van der Waals surface area (Å²) < 4.78 is 0. The van der Waals surface area contributed by atoms with E-state index in [-0.39, 0.29) is 73.1 Å². The summed E-state index contributed by atoms with van der Waals surface area (Å²) >= 11 is 1.95. The van der Waals surface area contributed by atoms with Gasteiger partial charge in [-0.05, 0) is 18.1 Å². The van der Waals surface area contributed by atoms with Gasteiger partial charge in [-0.25, -0.2) is 4.99 Å². The molecule has 134 valence electrons. The molecule has 7 nitrogen and oxygen atoms in total. The third-order valence-electron chi connectivity index (χ3n) is 3.75. The van der Waals surface area contributed by atoms with Crippen LogP contribution in [0.15, 0.2) is 50.8 Å². The number of hydrogen-bond donors (Lipinski definition) is 1. The van der Waals surface area contributed by atoms with E-state index in [0.717, 1.165) is 29.1 Å². The molecule has 2 aliphatic heterocycles. The zero-order chi connectivity index (χ0) is 18.7. The molecule has 0 aromatic heterocycles. The molecule has 2 aliphatic rings. The van der Waals surface area contributed by atoms with E-state index in [4.69, 9.17) is 0 Å². The quantitative estimate of drug-likeness (QED) is 0.530. The smallest absolute Gasteiger partial charge is 0.544 e. The molecule has 1 aromatic carbocycles. The summed E-state index contributed by atoms with van der Waals surface area (Å²) in [5.41, 5.74) is 1.38. The van der Waals surface area contributed by atoms with Crippen LogP contribution in [0.2, 0.25) is 0 Å². The minimum Gasteiger partial charge on any atom is -0.544 e. The first-order chi connectivity index (χ1) is 12.5. The summed E-state index contributed by atoms with van der Waals surface area (Å²) in [6.45, 7) is 1.98. The molecule has 1 N–H and O–H groups in total. The maximum Gasteiger partial charge on any atom is 1.00 e. The van der Waals surface area contributed by atoms with E-state index in [1.54, 1.807) is 6.92 Å². The molecule has 3 rings (SSSR count). The number of carbonyl (C=O) groups is 3. The maximum atomic E-state index is 12.2. The summed E-state index contributed by atoms with van der Waals surface area (Å²) in [4.78, 5) is 43.3. The van der Waals surface area contributed by atoms with Gasteiger partial charge in [-0.15, -0.1) is 0 Å². The van der Waals surface area contributed by atoms with Crippen molar-refractivity contribution in [1.29, 1.82) is 0 Å². The predicted octanol–water partition coefficient (Wildman–Crippen LogP) is -2.28. The van der Waals surface area contributed by atoms with Crippen LogP contribution in [0.5, 0.6) is 0 Å². The second kappa shape index (κ2) is 10.1. The van der Waals surface area contributed by atoms with Gasteiger partial charge in [0.25, 0.3) is 5.91 Å². The number of aliphatic imine (C=N–C) groups is 2. The Labute approximate surface area is 207 Å². The molecular weight excluding hydrogens is 413 g/mol. The molecule has 0 saturated heterocycles. The average molecular weight is 428 g/mol. The van der Waals surface area contributed by atoms with E-state index in [9.17, 15) is 19.5 Å². The number of carbonyl (C=O) groups excluding carboxylic acids is 3. The van der Waals surface area contributed by atoms with Crippen molar-refractivity contribution in [1.82, 2.24) is 5.32 Å². The molecule has 0 bridgehead atoms. The topological polar surface area (TPSA) is 111 Å². The number of carboxylic acids is 1. The Bertz CT molecular complexity index is 868. The van der Waals surface area contributed by atoms with E-state index in [1.165, 1.54) is 0 Å². The number of fused-ring (bicyclic) bond motifs is 1. The van der Waals surface area contributed by atoms with Crippen LogP contribution in [0, 0.1) is 5.92 Å². The van der Waals surface area contributed by atoms with Crippen LogP contribution in [0.4, 0.5) is 0 Å². The number of nitrogens with zero attached hydrogens (tertiary/aromatic N) is 2. The van der Waals surface area contributed by atoms with E-state index >= 15 is 0 Å². The summed E-state index contributed by atoms with van der Waals surface area (Å²) in [6.07, 6.45) is 0. The van der Waals surface area contributed by atoms with Gasteiger partial charge in [0, 0.05) is 11.4 Å². The molecule has 27 heavy (non-hydrogen) atoms. The molecule has 10 heteroatoms. The number of amidine groups is 1. The van der Waals surface area contributed by atoms with Gasteiger partial charge in [0.1, 0.15) is 5.92 Å². The van der Waals surface area contributed by atoms with Crippen LogP contribution in [0.25, 0.3) is 0 Å². The molecule has 0 fully saturated rings. The van der Waals surface area contributed by atoms with Gasteiger partial charge in [0.2, 0.25) is 5.91 Å². The van der Waals surface area contributed by atoms with Gasteiger partial charge in [-0.2, -0.15) is 4.99 Å². The van der Waals surface area contributed by atoms with Crippen molar-refractivity contribution < 1.29 is 70.9 Å². The van der Waals surface area contributed by atoms with Gasteiger partial charge in [0.15, 0.2) is 5.17 Å². The maximum absolute atomic E-state index is 12.2. The summed E-state index contributed by atoms with van der Waals surface area (Å²) in [6, 6.07) is 9.49. The number of amides is 2. The number of nitrogens with one attached hydrogen (secondary N) is 1. The Hall–Kier alpha value is -0.754. The van der Waals surface area contributed by atoms with Crippen molar-refractivity contribution in [2.24, 2.45) is 15.9 Å². The Morgan fingerprint density at radius 1 is 1.26 bits per heavy atom. The zero-order valence-electron chi connectivity index (χ0n) is 14.7. The van der Waals surface area contributed by atoms with E-state index in [2.05, 4.69) is 15.3 Å². The van der Waals surface area contributed by atoms with E-state index in [0.29, 0.717) is 17.2 Å². The SMILES string of the molecule is CC1=C(C(=O)[O-])SC2=NC(SCC(=O)NCc3ccccc3)=NC(=O)C21.[K+]. The molecule has 1 aromatic rings. The normalized spacial score (nSPS) is 18.3. The monoisotopic (exact) mass is 427 g/mol. The second-order valence-electron chi connectivity index (χ2n) is 5.57. The molecule has 1 unspecified atom stereocenters. The first-order valence-electron chi connectivity index (χ1n) is 7.70. The average Bonchev–Trinajstić information content (AvgIpc) is 2.96. The number of hydrogen-bond acceptors (Lipinski definition) is 7. The molecular formula is C17H14KN3O4S2. The molecule has 1 atom stereocenters.